The third-order valence-corrected chi connectivity index (χ3v) is 10.2. The molecule has 1 saturated heterocycles. The van der Waals surface area contributed by atoms with Crippen molar-refractivity contribution < 1.29 is 17.6 Å². The predicted octanol–water partition coefficient (Wildman–Crippen LogP) is 5.65. The Hall–Kier alpha value is -4.79. The molecular weight excluding hydrogens is 595 g/mol. The third kappa shape index (κ3) is 6.27. The van der Waals surface area contributed by atoms with Crippen LogP contribution in [-0.4, -0.2) is 53.4 Å². The lowest BCUT2D eigenvalue weighted by molar-refractivity contribution is 0.0741. The maximum atomic E-state index is 14.0. The summed E-state index contributed by atoms with van der Waals surface area (Å²) in [5.74, 6) is 2.54. The highest BCUT2D eigenvalue weighted by Crippen LogP contribution is 2.30. The molecule has 3 heterocycles. The van der Waals surface area contributed by atoms with Crippen LogP contribution in [0, 0.1) is 11.3 Å². The molecule has 6 rings (SSSR count). The van der Waals surface area contributed by atoms with Crippen molar-refractivity contribution in [2.45, 2.75) is 18.0 Å². The van der Waals surface area contributed by atoms with Gasteiger partial charge in [0.1, 0.15) is 5.76 Å². The smallest absolute Gasteiger partial charge is 0.289 e. The van der Waals surface area contributed by atoms with E-state index in [0.717, 1.165) is 22.6 Å². The molecular formula is C33H29N5O4S2. The van der Waals surface area contributed by atoms with Gasteiger partial charge in [0.2, 0.25) is 0 Å². The lowest BCUT2D eigenvalue weighted by atomic mass is 10.1. The maximum Gasteiger partial charge on any atom is 0.289 e. The van der Waals surface area contributed by atoms with Crippen LogP contribution in [0.5, 0.6) is 0 Å². The highest BCUT2D eigenvalue weighted by atomic mass is 32.2. The lowest BCUT2D eigenvalue weighted by Crippen LogP contribution is -2.37. The Balaban J connectivity index is 1.28. The first-order valence-electron chi connectivity index (χ1n) is 14.1. The van der Waals surface area contributed by atoms with Crippen LogP contribution >= 0.6 is 11.8 Å². The number of benzene rings is 3. The Kier molecular flexibility index (Phi) is 8.54. The first kappa shape index (κ1) is 29.3. The number of nitriles is 1. The van der Waals surface area contributed by atoms with Crippen LogP contribution in [0.25, 0.3) is 11.3 Å². The van der Waals surface area contributed by atoms with Crippen molar-refractivity contribution >= 4 is 33.4 Å². The van der Waals surface area contributed by atoms with Gasteiger partial charge in [0, 0.05) is 42.9 Å². The highest BCUT2D eigenvalue weighted by molar-refractivity contribution is 7.99. The fraction of sp³-hybridized carbons (Fsp3) is 0.182. The number of sulfonamides is 1. The standard InChI is InChI=1S/C33H29N5O4S2/c34-20-25-6-8-26(9-7-25)22-37-24-35-21-29(37)23-38(44(40,41)30-4-2-1-3-5-30)28-12-10-27(11-13-28)31-14-15-32(42-31)33(39)36-16-18-43-19-17-36/h1-15,21,24H,16-19,22-23H2. The van der Waals surface area contributed by atoms with Gasteiger partial charge in [0.05, 0.1) is 40.8 Å². The largest absolute Gasteiger partial charge is 0.451 e. The van der Waals surface area contributed by atoms with E-state index in [-0.39, 0.29) is 17.3 Å². The molecule has 222 valence electrons. The summed E-state index contributed by atoms with van der Waals surface area (Å²) in [6.07, 6.45) is 3.33. The number of amides is 1. The van der Waals surface area contributed by atoms with E-state index >= 15 is 0 Å². The molecule has 2 aromatic heterocycles. The first-order valence-corrected chi connectivity index (χ1v) is 16.6. The van der Waals surface area contributed by atoms with E-state index in [1.165, 1.54) is 4.31 Å². The van der Waals surface area contributed by atoms with E-state index in [1.807, 2.05) is 28.5 Å². The van der Waals surface area contributed by atoms with Gasteiger partial charge >= 0.3 is 0 Å². The van der Waals surface area contributed by atoms with Gasteiger partial charge in [-0.05, 0) is 66.2 Å². The summed E-state index contributed by atoms with van der Waals surface area (Å²) in [5, 5.41) is 9.11. The molecule has 0 saturated carbocycles. The van der Waals surface area contributed by atoms with Gasteiger partial charge in [-0.25, -0.2) is 13.4 Å². The number of nitrogens with zero attached hydrogens (tertiary/aromatic N) is 5. The van der Waals surface area contributed by atoms with Crippen LogP contribution < -0.4 is 4.31 Å². The number of imidazole rings is 1. The second kappa shape index (κ2) is 12.8. The van der Waals surface area contributed by atoms with Crippen molar-refractivity contribution in [1.29, 1.82) is 5.26 Å². The summed E-state index contributed by atoms with van der Waals surface area (Å²) in [6, 6.07) is 28.2. The van der Waals surface area contributed by atoms with Gasteiger partial charge in [0.15, 0.2) is 5.76 Å². The molecule has 0 unspecified atom stereocenters. The molecule has 1 aliphatic heterocycles. The van der Waals surface area contributed by atoms with Gasteiger partial charge in [-0.3, -0.25) is 9.10 Å². The van der Waals surface area contributed by atoms with Crippen LogP contribution in [-0.2, 0) is 23.1 Å². The predicted molar refractivity (Wildman–Crippen MR) is 170 cm³/mol. The van der Waals surface area contributed by atoms with Crippen molar-refractivity contribution in [2.75, 3.05) is 28.9 Å². The van der Waals surface area contributed by atoms with Crippen molar-refractivity contribution in [3.05, 3.63) is 126 Å². The molecule has 1 amide bonds. The molecule has 1 fully saturated rings. The third-order valence-electron chi connectivity index (χ3n) is 7.43. The van der Waals surface area contributed by atoms with E-state index in [4.69, 9.17) is 9.68 Å². The first-order chi connectivity index (χ1) is 21.4. The molecule has 11 heteroatoms. The molecule has 1 aliphatic rings. The Morgan fingerprint density at radius 3 is 2.39 bits per heavy atom. The van der Waals surface area contributed by atoms with Crippen molar-refractivity contribution in [3.8, 4) is 17.4 Å². The summed E-state index contributed by atoms with van der Waals surface area (Å²) in [5.41, 5.74) is 3.42. The number of furan rings is 1. The van der Waals surface area contributed by atoms with E-state index in [1.54, 1.807) is 96.3 Å². The monoisotopic (exact) mass is 623 g/mol. The summed E-state index contributed by atoms with van der Waals surface area (Å²) >= 11 is 1.83. The van der Waals surface area contributed by atoms with Gasteiger partial charge in [-0.15, -0.1) is 0 Å². The molecule has 0 bridgehead atoms. The minimum absolute atomic E-state index is 0.0420. The fourth-order valence-corrected chi connectivity index (χ4v) is 7.37. The molecule has 0 radical (unpaired) electrons. The Morgan fingerprint density at radius 1 is 0.955 bits per heavy atom. The van der Waals surface area contributed by atoms with Crippen LogP contribution in [0.4, 0.5) is 5.69 Å². The number of carbonyl (C=O) groups excluding carboxylic acids is 1. The zero-order chi connectivity index (χ0) is 30.5. The van der Waals surface area contributed by atoms with Gasteiger partial charge < -0.3 is 13.9 Å². The molecule has 44 heavy (non-hydrogen) atoms. The lowest BCUT2D eigenvalue weighted by Gasteiger charge is -2.25. The second-order valence-electron chi connectivity index (χ2n) is 10.3. The Bertz CT molecular complexity index is 1890. The summed E-state index contributed by atoms with van der Waals surface area (Å²) in [7, 11) is -3.95. The van der Waals surface area contributed by atoms with E-state index < -0.39 is 10.0 Å². The SMILES string of the molecule is N#Cc1ccc(Cn2cncc2CN(c2ccc(-c3ccc(C(=O)N4CCSCC4)o3)cc2)S(=O)(=O)c2ccccc2)cc1. The summed E-state index contributed by atoms with van der Waals surface area (Å²) in [6.45, 7) is 1.91. The molecule has 0 aliphatic carbocycles. The molecule has 3 aromatic carbocycles. The van der Waals surface area contributed by atoms with Crippen LogP contribution in [0.3, 0.4) is 0 Å². The highest BCUT2D eigenvalue weighted by Gasteiger charge is 2.27. The molecule has 0 N–H and O–H groups in total. The number of hydrogen-bond donors (Lipinski definition) is 0. The number of carbonyl (C=O) groups is 1. The van der Waals surface area contributed by atoms with E-state index in [0.29, 0.717) is 48.1 Å². The minimum atomic E-state index is -3.95. The zero-order valence-electron chi connectivity index (χ0n) is 23.7. The average molecular weight is 624 g/mol. The van der Waals surface area contributed by atoms with Crippen LogP contribution in [0.1, 0.15) is 27.4 Å². The van der Waals surface area contributed by atoms with E-state index in [9.17, 15) is 13.2 Å². The maximum absolute atomic E-state index is 14.0. The Morgan fingerprint density at radius 2 is 1.68 bits per heavy atom. The Labute approximate surface area is 260 Å². The van der Waals surface area contributed by atoms with Crippen molar-refractivity contribution in [3.63, 3.8) is 0 Å². The van der Waals surface area contributed by atoms with Gasteiger partial charge in [-0.1, -0.05) is 30.3 Å². The molecule has 0 atom stereocenters. The minimum Gasteiger partial charge on any atom is -0.451 e. The van der Waals surface area contributed by atoms with E-state index in [2.05, 4.69) is 11.1 Å². The second-order valence-corrected chi connectivity index (χ2v) is 13.3. The van der Waals surface area contributed by atoms with Gasteiger partial charge in [-0.2, -0.15) is 17.0 Å². The summed E-state index contributed by atoms with van der Waals surface area (Å²) < 4.78 is 37.2. The van der Waals surface area contributed by atoms with Crippen LogP contribution in [0.15, 0.2) is 113 Å². The number of rotatable bonds is 9. The zero-order valence-corrected chi connectivity index (χ0v) is 25.4. The topological polar surface area (TPSA) is 112 Å². The molecule has 5 aromatic rings. The number of hydrogen-bond acceptors (Lipinski definition) is 7. The number of thioether (sulfide) groups is 1. The number of anilines is 1. The molecule has 9 nitrogen and oxygen atoms in total. The fourth-order valence-electron chi connectivity index (χ4n) is 5.01. The molecule has 0 spiro atoms. The van der Waals surface area contributed by atoms with Crippen LogP contribution in [0.2, 0.25) is 0 Å². The van der Waals surface area contributed by atoms with Crippen molar-refractivity contribution in [1.82, 2.24) is 14.5 Å². The summed E-state index contributed by atoms with van der Waals surface area (Å²) in [4.78, 5) is 19.2. The number of aromatic nitrogens is 2. The normalized spacial score (nSPS) is 13.4. The average Bonchev–Trinajstić information content (AvgIpc) is 3.75. The quantitative estimate of drug-likeness (QED) is 0.209. The van der Waals surface area contributed by atoms with Crippen molar-refractivity contribution in [2.24, 2.45) is 0 Å². The van der Waals surface area contributed by atoms with Gasteiger partial charge in [0.25, 0.3) is 15.9 Å².